The van der Waals surface area contributed by atoms with E-state index in [2.05, 4.69) is 12.2 Å². The number of nitrogens with one attached hydrogen (secondary N) is 1. The molecule has 1 aromatic carbocycles. The third-order valence-corrected chi connectivity index (χ3v) is 3.95. The maximum absolute atomic E-state index is 11.8. The first-order valence-corrected chi connectivity index (χ1v) is 7.27. The van der Waals surface area contributed by atoms with Crippen LogP contribution in [0, 0.1) is 5.92 Å². The van der Waals surface area contributed by atoms with Crippen molar-refractivity contribution in [3.05, 3.63) is 35.9 Å². The Hall–Kier alpha value is -1.51. The van der Waals surface area contributed by atoms with E-state index in [0.717, 1.165) is 18.4 Å². The molecule has 0 aliphatic heterocycles. The maximum atomic E-state index is 11.8. The van der Waals surface area contributed by atoms with E-state index in [1.807, 2.05) is 30.3 Å². The molecule has 0 bridgehead atoms. The molecule has 1 saturated carbocycles. The number of ether oxygens (including phenoxy) is 1. The van der Waals surface area contributed by atoms with Crippen molar-refractivity contribution in [2.75, 3.05) is 0 Å². The van der Waals surface area contributed by atoms with E-state index in [-0.39, 0.29) is 6.09 Å². The number of alkyl carbamates (subject to hydrolysis) is 1. The predicted octanol–water partition coefficient (Wildman–Crippen LogP) is 3.88. The van der Waals surface area contributed by atoms with E-state index in [4.69, 9.17) is 4.74 Å². The average molecular weight is 261 g/mol. The number of benzene rings is 1. The summed E-state index contributed by atoms with van der Waals surface area (Å²) in [7, 11) is 0. The standard InChI is InChI=1S/C16H23NO2/c1-2-14-10-6-7-11-15(14)17-16(18)19-12-13-8-4-3-5-9-13/h3-5,8-9,14-15H,2,6-7,10-12H2,1H3,(H,17,18). The largest absolute Gasteiger partial charge is 0.445 e. The number of amides is 1. The van der Waals surface area contributed by atoms with Crippen molar-refractivity contribution in [1.82, 2.24) is 5.32 Å². The third kappa shape index (κ3) is 4.27. The lowest BCUT2D eigenvalue weighted by atomic mass is 9.83. The fourth-order valence-electron chi connectivity index (χ4n) is 2.80. The molecule has 1 aliphatic carbocycles. The summed E-state index contributed by atoms with van der Waals surface area (Å²) in [5.74, 6) is 0.609. The Bertz CT molecular complexity index is 391. The molecule has 1 fully saturated rings. The Morgan fingerprint density at radius 1 is 1.26 bits per heavy atom. The van der Waals surface area contributed by atoms with Gasteiger partial charge in [0.05, 0.1) is 0 Å². The quantitative estimate of drug-likeness (QED) is 0.893. The molecule has 0 heterocycles. The van der Waals surface area contributed by atoms with Crippen LogP contribution in [0.3, 0.4) is 0 Å². The average Bonchev–Trinajstić information content (AvgIpc) is 2.47. The zero-order valence-electron chi connectivity index (χ0n) is 11.6. The summed E-state index contributed by atoms with van der Waals surface area (Å²) in [5, 5.41) is 3.03. The SMILES string of the molecule is CCC1CCCCC1NC(=O)OCc1ccccc1. The highest BCUT2D eigenvalue weighted by Crippen LogP contribution is 2.26. The molecule has 2 atom stereocenters. The number of hydrogen-bond donors (Lipinski definition) is 1. The normalized spacial score (nSPS) is 22.8. The minimum atomic E-state index is -0.283. The molecule has 0 radical (unpaired) electrons. The topological polar surface area (TPSA) is 38.3 Å². The zero-order valence-corrected chi connectivity index (χ0v) is 11.6. The molecule has 1 amide bonds. The highest BCUT2D eigenvalue weighted by molar-refractivity contribution is 5.67. The van der Waals surface area contributed by atoms with Crippen LogP contribution in [0.2, 0.25) is 0 Å². The first-order chi connectivity index (χ1) is 9.29. The van der Waals surface area contributed by atoms with E-state index in [1.54, 1.807) is 0 Å². The first kappa shape index (κ1) is 13.9. The second-order valence-electron chi connectivity index (χ2n) is 5.27. The Labute approximate surface area is 115 Å². The van der Waals surface area contributed by atoms with Crippen molar-refractivity contribution in [3.63, 3.8) is 0 Å². The summed E-state index contributed by atoms with van der Waals surface area (Å²) < 4.78 is 5.27. The van der Waals surface area contributed by atoms with Crippen LogP contribution in [0.5, 0.6) is 0 Å². The van der Waals surface area contributed by atoms with Gasteiger partial charge in [-0.25, -0.2) is 4.79 Å². The fourth-order valence-corrected chi connectivity index (χ4v) is 2.80. The summed E-state index contributed by atoms with van der Waals surface area (Å²) in [6.45, 7) is 2.54. The smallest absolute Gasteiger partial charge is 0.407 e. The fraction of sp³-hybridized carbons (Fsp3) is 0.562. The van der Waals surface area contributed by atoms with E-state index in [1.165, 1.54) is 19.3 Å². The first-order valence-electron chi connectivity index (χ1n) is 7.27. The molecule has 2 rings (SSSR count). The van der Waals surface area contributed by atoms with Gasteiger partial charge in [-0.2, -0.15) is 0 Å². The van der Waals surface area contributed by atoms with Gasteiger partial charge in [0.25, 0.3) is 0 Å². The molecular formula is C16H23NO2. The Morgan fingerprint density at radius 3 is 2.74 bits per heavy atom. The van der Waals surface area contributed by atoms with Crippen molar-refractivity contribution >= 4 is 6.09 Å². The summed E-state index contributed by atoms with van der Waals surface area (Å²) in [5.41, 5.74) is 1.02. The molecule has 0 spiro atoms. The van der Waals surface area contributed by atoms with Gasteiger partial charge in [0.2, 0.25) is 0 Å². The Morgan fingerprint density at radius 2 is 2.00 bits per heavy atom. The van der Waals surface area contributed by atoms with E-state index in [9.17, 15) is 4.79 Å². The Balaban J connectivity index is 1.77. The monoisotopic (exact) mass is 261 g/mol. The zero-order chi connectivity index (χ0) is 13.5. The van der Waals surface area contributed by atoms with Gasteiger partial charge < -0.3 is 10.1 Å². The van der Waals surface area contributed by atoms with Crippen molar-refractivity contribution in [2.45, 2.75) is 51.7 Å². The van der Waals surface area contributed by atoms with Crippen LogP contribution in [0.25, 0.3) is 0 Å². The van der Waals surface area contributed by atoms with Gasteiger partial charge in [-0.15, -0.1) is 0 Å². The van der Waals surface area contributed by atoms with Crippen LogP contribution in [0.1, 0.15) is 44.6 Å². The van der Waals surface area contributed by atoms with Crippen LogP contribution in [0.4, 0.5) is 4.79 Å². The number of carbonyl (C=O) groups excluding carboxylic acids is 1. The lowest BCUT2D eigenvalue weighted by molar-refractivity contribution is 0.126. The molecule has 19 heavy (non-hydrogen) atoms. The van der Waals surface area contributed by atoms with Gasteiger partial charge in [0, 0.05) is 6.04 Å². The Kier molecular flexibility index (Phi) is 5.25. The van der Waals surface area contributed by atoms with Gasteiger partial charge in [-0.3, -0.25) is 0 Å². The molecule has 3 nitrogen and oxygen atoms in total. The van der Waals surface area contributed by atoms with Gasteiger partial charge in [-0.1, -0.05) is 56.5 Å². The molecule has 1 aliphatic rings. The lowest BCUT2D eigenvalue weighted by Gasteiger charge is -2.31. The molecule has 104 valence electrons. The molecule has 2 unspecified atom stereocenters. The lowest BCUT2D eigenvalue weighted by Crippen LogP contribution is -2.42. The molecule has 0 saturated heterocycles. The molecule has 1 aromatic rings. The van der Waals surface area contributed by atoms with Crippen LogP contribution < -0.4 is 5.32 Å². The highest BCUT2D eigenvalue weighted by atomic mass is 16.5. The van der Waals surface area contributed by atoms with Gasteiger partial charge in [0.15, 0.2) is 0 Å². The second kappa shape index (κ2) is 7.17. The van der Waals surface area contributed by atoms with E-state index >= 15 is 0 Å². The van der Waals surface area contributed by atoms with Crippen molar-refractivity contribution in [2.24, 2.45) is 5.92 Å². The van der Waals surface area contributed by atoms with E-state index < -0.39 is 0 Å². The highest BCUT2D eigenvalue weighted by Gasteiger charge is 2.25. The maximum Gasteiger partial charge on any atom is 0.407 e. The van der Waals surface area contributed by atoms with Gasteiger partial charge in [-0.05, 0) is 24.3 Å². The van der Waals surface area contributed by atoms with Crippen molar-refractivity contribution in [1.29, 1.82) is 0 Å². The number of hydrogen-bond acceptors (Lipinski definition) is 2. The van der Waals surface area contributed by atoms with Crippen LogP contribution in [-0.4, -0.2) is 12.1 Å². The summed E-state index contributed by atoms with van der Waals surface area (Å²) in [6, 6.07) is 10.1. The predicted molar refractivity (Wildman–Crippen MR) is 75.8 cm³/mol. The van der Waals surface area contributed by atoms with Gasteiger partial charge >= 0.3 is 6.09 Å². The van der Waals surface area contributed by atoms with Crippen LogP contribution >= 0.6 is 0 Å². The minimum absolute atomic E-state index is 0.283. The van der Waals surface area contributed by atoms with Crippen LogP contribution in [0.15, 0.2) is 30.3 Å². The molecule has 1 N–H and O–H groups in total. The summed E-state index contributed by atoms with van der Waals surface area (Å²) in [4.78, 5) is 11.8. The van der Waals surface area contributed by atoms with E-state index in [0.29, 0.717) is 18.6 Å². The van der Waals surface area contributed by atoms with Crippen molar-refractivity contribution in [3.8, 4) is 0 Å². The summed E-state index contributed by atoms with van der Waals surface area (Å²) in [6.07, 6.45) is 5.65. The van der Waals surface area contributed by atoms with Crippen LogP contribution in [-0.2, 0) is 11.3 Å². The third-order valence-electron chi connectivity index (χ3n) is 3.95. The minimum Gasteiger partial charge on any atom is -0.445 e. The van der Waals surface area contributed by atoms with Gasteiger partial charge in [0.1, 0.15) is 6.61 Å². The second-order valence-corrected chi connectivity index (χ2v) is 5.27. The molecule has 0 aromatic heterocycles. The number of carbonyl (C=O) groups is 1. The van der Waals surface area contributed by atoms with Crippen molar-refractivity contribution < 1.29 is 9.53 Å². The molecular weight excluding hydrogens is 238 g/mol. The molecule has 3 heteroatoms. The number of rotatable bonds is 4. The summed E-state index contributed by atoms with van der Waals surface area (Å²) >= 11 is 0.